The molecule has 3 rings (SSSR count). The molecule has 0 spiro atoms. The molecule has 0 aliphatic heterocycles. The summed E-state index contributed by atoms with van der Waals surface area (Å²) < 4.78 is 5.88. The highest BCUT2D eigenvalue weighted by atomic mass is 16.5. The first-order valence-electron chi connectivity index (χ1n) is 8.58. The van der Waals surface area contributed by atoms with Crippen LogP contribution in [-0.2, 0) is 0 Å². The van der Waals surface area contributed by atoms with Gasteiger partial charge in [0.1, 0.15) is 5.75 Å². The van der Waals surface area contributed by atoms with Crippen LogP contribution < -0.4 is 15.4 Å². The lowest BCUT2D eigenvalue weighted by atomic mass is 10.2. The van der Waals surface area contributed by atoms with Gasteiger partial charge in [-0.3, -0.25) is 9.78 Å². The molecule has 0 atom stereocenters. The summed E-state index contributed by atoms with van der Waals surface area (Å²) in [5, 5.41) is 6.13. The van der Waals surface area contributed by atoms with Crippen molar-refractivity contribution in [3.63, 3.8) is 0 Å². The first-order valence-corrected chi connectivity index (χ1v) is 8.58. The SMILES string of the molecule is CCCNc1cncc(C(=O)Nc2ccccc2Oc2ccccc2)c1. The van der Waals surface area contributed by atoms with E-state index in [0.717, 1.165) is 18.7 Å². The number of hydrogen-bond donors (Lipinski definition) is 2. The van der Waals surface area contributed by atoms with E-state index in [1.165, 1.54) is 0 Å². The number of benzene rings is 2. The highest BCUT2D eigenvalue weighted by Gasteiger charge is 2.11. The minimum Gasteiger partial charge on any atom is -0.455 e. The first kappa shape index (κ1) is 17.5. The van der Waals surface area contributed by atoms with Gasteiger partial charge in [-0.2, -0.15) is 0 Å². The van der Waals surface area contributed by atoms with Crippen LogP contribution in [0.5, 0.6) is 11.5 Å². The van der Waals surface area contributed by atoms with Crippen molar-refractivity contribution in [3.05, 3.63) is 78.6 Å². The Morgan fingerprint density at radius 2 is 1.81 bits per heavy atom. The second-order valence-corrected chi connectivity index (χ2v) is 5.75. The molecule has 26 heavy (non-hydrogen) atoms. The zero-order valence-corrected chi connectivity index (χ0v) is 14.6. The summed E-state index contributed by atoms with van der Waals surface area (Å²) >= 11 is 0. The van der Waals surface area contributed by atoms with Crippen molar-refractivity contribution in [2.75, 3.05) is 17.2 Å². The summed E-state index contributed by atoms with van der Waals surface area (Å²) in [6, 6.07) is 18.6. The Morgan fingerprint density at radius 1 is 1.04 bits per heavy atom. The predicted octanol–water partition coefficient (Wildman–Crippen LogP) is 4.95. The number of aromatic nitrogens is 1. The summed E-state index contributed by atoms with van der Waals surface area (Å²) in [6.45, 7) is 2.92. The normalized spacial score (nSPS) is 10.2. The van der Waals surface area contributed by atoms with Crippen molar-refractivity contribution < 1.29 is 9.53 Å². The van der Waals surface area contributed by atoms with E-state index in [-0.39, 0.29) is 5.91 Å². The fourth-order valence-corrected chi connectivity index (χ4v) is 2.40. The van der Waals surface area contributed by atoms with Crippen molar-refractivity contribution in [1.82, 2.24) is 4.98 Å². The molecule has 1 aromatic heterocycles. The predicted molar refractivity (Wildman–Crippen MR) is 104 cm³/mol. The average molecular weight is 347 g/mol. The topological polar surface area (TPSA) is 63.2 Å². The molecule has 0 radical (unpaired) electrons. The third-order valence-corrected chi connectivity index (χ3v) is 3.69. The number of nitrogens with one attached hydrogen (secondary N) is 2. The highest BCUT2D eigenvalue weighted by Crippen LogP contribution is 2.29. The Labute approximate surface area is 153 Å². The van der Waals surface area contributed by atoms with Crippen molar-refractivity contribution in [2.24, 2.45) is 0 Å². The molecule has 5 nitrogen and oxygen atoms in total. The van der Waals surface area contributed by atoms with Crippen LogP contribution in [0.1, 0.15) is 23.7 Å². The zero-order chi connectivity index (χ0) is 18.2. The Bertz CT molecular complexity index is 866. The summed E-state index contributed by atoms with van der Waals surface area (Å²) in [4.78, 5) is 16.7. The molecule has 5 heteroatoms. The fourth-order valence-electron chi connectivity index (χ4n) is 2.40. The molecular weight excluding hydrogens is 326 g/mol. The number of anilines is 2. The van der Waals surface area contributed by atoms with E-state index in [1.807, 2.05) is 54.6 Å². The Hall–Kier alpha value is -3.34. The zero-order valence-electron chi connectivity index (χ0n) is 14.6. The number of pyridine rings is 1. The Balaban J connectivity index is 1.75. The molecule has 0 fully saturated rings. The van der Waals surface area contributed by atoms with Crippen LogP contribution >= 0.6 is 0 Å². The molecule has 0 aliphatic rings. The van der Waals surface area contributed by atoms with E-state index in [9.17, 15) is 4.79 Å². The van der Waals surface area contributed by atoms with Crippen LogP contribution in [0.25, 0.3) is 0 Å². The quantitative estimate of drug-likeness (QED) is 0.635. The minimum absolute atomic E-state index is 0.234. The van der Waals surface area contributed by atoms with E-state index < -0.39 is 0 Å². The van der Waals surface area contributed by atoms with Crippen molar-refractivity contribution >= 4 is 17.3 Å². The van der Waals surface area contributed by atoms with E-state index in [0.29, 0.717) is 22.7 Å². The van der Waals surface area contributed by atoms with Gasteiger partial charge in [0.2, 0.25) is 0 Å². The molecule has 1 amide bonds. The smallest absolute Gasteiger partial charge is 0.257 e. The van der Waals surface area contributed by atoms with E-state index in [2.05, 4.69) is 22.5 Å². The van der Waals surface area contributed by atoms with Crippen molar-refractivity contribution in [1.29, 1.82) is 0 Å². The minimum atomic E-state index is -0.234. The maximum absolute atomic E-state index is 12.6. The molecule has 2 aromatic carbocycles. The molecule has 0 aliphatic carbocycles. The maximum Gasteiger partial charge on any atom is 0.257 e. The highest BCUT2D eigenvalue weighted by molar-refractivity contribution is 6.05. The maximum atomic E-state index is 12.6. The van der Waals surface area contributed by atoms with Gasteiger partial charge in [0.25, 0.3) is 5.91 Å². The largest absolute Gasteiger partial charge is 0.455 e. The van der Waals surface area contributed by atoms with E-state index >= 15 is 0 Å². The lowest BCUT2D eigenvalue weighted by Gasteiger charge is -2.12. The summed E-state index contributed by atoms with van der Waals surface area (Å²) in [5.41, 5.74) is 1.92. The number of carbonyl (C=O) groups is 1. The van der Waals surface area contributed by atoms with Gasteiger partial charge in [-0.05, 0) is 36.8 Å². The molecular formula is C21H21N3O2. The van der Waals surface area contributed by atoms with E-state index in [1.54, 1.807) is 18.5 Å². The van der Waals surface area contributed by atoms with Gasteiger partial charge < -0.3 is 15.4 Å². The molecule has 0 saturated heterocycles. The number of amides is 1. The number of para-hydroxylation sites is 3. The second-order valence-electron chi connectivity index (χ2n) is 5.75. The van der Waals surface area contributed by atoms with E-state index in [4.69, 9.17) is 4.74 Å². The van der Waals surface area contributed by atoms with Crippen LogP contribution in [0, 0.1) is 0 Å². The second kappa shape index (κ2) is 8.67. The number of hydrogen-bond acceptors (Lipinski definition) is 4. The van der Waals surface area contributed by atoms with Gasteiger partial charge in [-0.1, -0.05) is 37.3 Å². The molecule has 0 saturated carbocycles. The Morgan fingerprint density at radius 3 is 2.62 bits per heavy atom. The van der Waals surface area contributed by atoms with Crippen molar-refractivity contribution in [3.8, 4) is 11.5 Å². The van der Waals surface area contributed by atoms with Gasteiger partial charge >= 0.3 is 0 Å². The Kier molecular flexibility index (Phi) is 5.83. The van der Waals surface area contributed by atoms with Gasteiger partial charge in [0.15, 0.2) is 5.75 Å². The molecule has 1 heterocycles. The van der Waals surface area contributed by atoms with Crippen LogP contribution in [0.3, 0.4) is 0 Å². The lowest BCUT2D eigenvalue weighted by molar-refractivity contribution is 0.102. The van der Waals surface area contributed by atoms with Gasteiger partial charge in [-0.15, -0.1) is 0 Å². The van der Waals surface area contributed by atoms with Crippen LogP contribution in [0.15, 0.2) is 73.1 Å². The number of nitrogens with zero attached hydrogens (tertiary/aromatic N) is 1. The number of carbonyl (C=O) groups excluding carboxylic acids is 1. The standard InChI is InChI=1S/C21H21N3O2/c1-2-12-23-17-13-16(14-22-15-17)21(25)24-19-10-6-7-11-20(19)26-18-8-4-3-5-9-18/h3-11,13-15,23H,2,12H2,1H3,(H,24,25). The fraction of sp³-hybridized carbons (Fsp3) is 0.143. The van der Waals surface area contributed by atoms with Crippen LogP contribution in [0.2, 0.25) is 0 Å². The van der Waals surface area contributed by atoms with Crippen LogP contribution in [-0.4, -0.2) is 17.4 Å². The lowest BCUT2D eigenvalue weighted by Crippen LogP contribution is -2.13. The molecule has 2 N–H and O–H groups in total. The molecule has 132 valence electrons. The third-order valence-electron chi connectivity index (χ3n) is 3.69. The van der Waals surface area contributed by atoms with Gasteiger partial charge in [0, 0.05) is 18.9 Å². The average Bonchev–Trinajstić information content (AvgIpc) is 2.69. The molecule has 0 unspecified atom stereocenters. The van der Waals surface area contributed by atoms with Crippen molar-refractivity contribution in [2.45, 2.75) is 13.3 Å². The number of ether oxygens (including phenoxy) is 1. The van der Waals surface area contributed by atoms with Gasteiger partial charge in [0.05, 0.1) is 16.9 Å². The van der Waals surface area contributed by atoms with Gasteiger partial charge in [-0.25, -0.2) is 0 Å². The van der Waals surface area contributed by atoms with Crippen LogP contribution in [0.4, 0.5) is 11.4 Å². The molecule has 3 aromatic rings. The third kappa shape index (κ3) is 4.60. The number of rotatable bonds is 7. The first-order chi connectivity index (χ1) is 12.8. The molecule has 0 bridgehead atoms. The summed E-state index contributed by atoms with van der Waals surface area (Å²) in [6.07, 6.45) is 4.26. The summed E-state index contributed by atoms with van der Waals surface area (Å²) in [5.74, 6) is 1.06. The summed E-state index contributed by atoms with van der Waals surface area (Å²) in [7, 11) is 0. The monoisotopic (exact) mass is 347 g/mol.